The molecule has 0 fully saturated rings. The van der Waals surface area contributed by atoms with Crippen molar-refractivity contribution in [2.75, 3.05) is 0 Å². The van der Waals surface area contributed by atoms with Crippen molar-refractivity contribution in [1.82, 2.24) is 9.55 Å². The topological polar surface area (TPSA) is 33.9 Å². The Hall–Kier alpha value is -6.06. The summed E-state index contributed by atoms with van der Waals surface area (Å²) in [5, 5.41) is 7.32. The third kappa shape index (κ3) is 3.65. The Morgan fingerprint density at radius 1 is 0.378 bits per heavy atom. The van der Waals surface area contributed by atoms with Gasteiger partial charge in [0.2, 0.25) is 0 Å². The van der Waals surface area contributed by atoms with Crippen molar-refractivity contribution in [3.63, 3.8) is 0 Å². The fourth-order valence-electron chi connectivity index (χ4n) is 7.17. The van der Waals surface area contributed by atoms with Gasteiger partial charge in [-0.3, -0.25) is 0 Å². The van der Waals surface area contributed by atoms with Gasteiger partial charge in [0.05, 0.1) is 11.0 Å². The van der Waals surface area contributed by atoms with Gasteiger partial charge in [0.1, 0.15) is 11.2 Å². The molecule has 45 heavy (non-hydrogen) atoms. The summed E-state index contributed by atoms with van der Waals surface area (Å²) in [5.74, 6) is 0. The maximum Gasteiger partial charge on any atom is 0.136 e. The molecular weight excluding hydrogens is 548 g/mol. The van der Waals surface area contributed by atoms with Gasteiger partial charge >= 0.3 is 0 Å². The molecule has 3 heterocycles. The molecule has 0 unspecified atom stereocenters. The number of H-pyrrole nitrogens is 1. The summed E-state index contributed by atoms with van der Waals surface area (Å²) in [6.07, 6.45) is 0. The van der Waals surface area contributed by atoms with Gasteiger partial charge in [0.25, 0.3) is 0 Å². The molecule has 0 amide bonds. The summed E-state index contributed by atoms with van der Waals surface area (Å²) >= 11 is 0. The van der Waals surface area contributed by atoms with Crippen LogP contribution in [0.1, 0.15) is 0 Å². The minimum Gasteiger partial charge on any atom is -0.456 e. The van der Waals surface area contributed by atoms with Gasteiger partial charge in [-0.05, 0) is 76.9 Å². The summed E-state index contributed by atoms with van der Waals surface area (Å²) in [4.78, 5) is 3.61. The molecule has 210 valence electrons. The first-order chi connectivity index (χ1) is 22.3. The molecule has 0 atom stereocenters. The number of hydrogen-bond acceptors (Lipinski definition) is 1. The van der Waals surface area contributed by atoms with Gasteiger partial charge in [0, 0.05) is 49.0 Å². The van der Waals surface area contributed by atoms with Crippen LogP contribution in [0.4, 0.5) is 0 Å². The second-order valence-corrected chi connectivity index (χ2v) is 11.9. The fraction of sp³-hybridized carbons (Fsp3) is 0. The zero-order chi connectivity index (χ0) is 29.5. The van der Waals surface area contributed by atoms with Crippen molar-refractivity contribution in [3.8, 4) is 27.9 Å². The number of fused-ring (bicyclic) bond motifs is 9. The van der Waals surface area contributed by atoms with Gasteiger partial charge in [-0.25, -0.2) is 0 Å². The predicted molar refractivity (Wildman–Crippen MR) is 188 cm³/mol. The highest BCUT2D eigenvalue weighted by atomic mass is 16.3. The number of rotatable bonds is 3. The summed E-state index contributed by atoms with van der Waals surface area (Å²) in [5.41, 5.74) is 12.4. The zero-order valence-electron chi connectivity index (χ0n) is 24.3. The van der Waals surface area contributed by atoms with Gasteiger partial charge < -0.3 is 14.0 Å². The number of furan rings is 1. The highest BCUT2D eigenvalue weighted by Gasteiger charge is 2.15. The first-order valence-corrected chi connectivity index (χ1v) is 15.3. The van der Waals surface area contributed by atoms with E-state index in [0.29, 0.717) is 0 Å². The molecule has 3 nitrogen and oxygen atoms in total. The molecular formula is C42H26N2O. The molecule has 1 N–H and O–H groups in total. The predicted octanol–water partition coefficient (Wildman–Crippen LogP) is 11.7. The summed E-state index contributed by atoms with van der Waals surface area (Å²) in [7, 11) is 0. The molecule has 0 aliphatic rings. The third-order valence-corrected chi connectivity index (χ3v) is 9.35. The zero-order valence-corrected chi connectivity index (χ0v) is 24.3. The fourth-order valence-corrected chi connectivity index (χ4v) is 7.17. The van der Waals surface area contributed by atoms with Crippen molar-refractivity contribution in [1.29, 1.82) is 0 Å². The van der Waals surface area contributed by atoms with E-state index in [1.54, 1.807) is 0 Å². The molecule has 10 aromatic rings. The molecule has 3 heteroatoms. The van der Waals surface area contributed by atoms with Crippen molar-refractivity contribution in [2.45, 2.75) is 0 Å². The Balaban J connectivity index is 1.10. The average Bonchev–Trinajstić information content (AvgIpc) is 3.76. The highest BCUT2D eigenvalue weighted by Crippen LogP contribution is 2.37. The van der Waals surface area contributed by atoms with Crippen LogP contribution < -0.4 is 0 Å². The van der Waals surface area contributed by atoms with Gasteiger partial charge in [-0.15, -0.1) is 0 Å². The first kappa shape index (κ1) is 24.4. The maximum absolute atomic E-state index is 6.17. The van der Waals surface area contributed by atoms with Crippen molar-refractivity contribution >= 4 is 65.6 Å². The van der Waals surface area contributed by atoms with Gasteiger partial charge in [-0.1, -0.05) is 97.1 Å². The van der Waals surface area contributed by atoms with Crippen LogP contribution in [0.3, 0.4) is 0 Å². The molecule has 0 saturated heterocycles. The average molecular weight is 575 g/mol. The van der Waals surface area contributed by atoms with E-state index >= 15 is 0 Å². The first-order valence-electron chi connectivity index (χ1n) is 15.3. The number of aromatic amines is 1. The quantitative estimate of drug-likeness (QED) is 0.224. The van der Waals surface area contributed by atoms with E-state index in [2.05, 4.69) is 149 Å². The molecule has 0 aliphatic carbocycles. The Labute approximate surface area is 258 Å². The molecule has 7 aromatic carbocycles. The number of nitrogens with zero attached hydrogens (tertiary/aromatic N) is 1. The largest absolute Gasteiger partial charge is 0.456 e. The van der Waals surface area contributed by atoms with E-state index in [-0.39, 0.29) is 0 Å². The Morgan fingerprint density at radius 3 is 1.82 bits per heavy atom. The van der Waals surface area contributed by atoms with Crippen LogP contribution in [0, 0.1) is 0 Å². The lowest BCUT2D eigenvalue weighted by molar-refractivity contribution is 0.669. The summed E-state index contributed by atoms with van der Waals surface area (Å²) in [6.45, 7) is 0. The Bertz CT molecular complexity index is 2760. The van der Waals surface area contributed by atoms with Crippen LogP contribution in [0.5, 0.6) is 0 Å². The van der Waals surface area contributed by atoms with E-state index < -0.39 is 0 Å². The standard InChI is InChI=1S/C42H26N2O/c1-4-10-37-31(7-1)32-20-15-27(23-38(32)43-37)28-16-21-34-33-8-2-5-11-39(33)44(40(34)24-28)30-18-13-26(14-19-30)29-17-22-36-35-9-3-6-12-41(35)45-42(36)25-29/h1-25,43H. The van der Waals surface area contributed by atoms with Crippen LogP contribution >= 0.6 is 0 Å². The van der Waals surface area contributed by atoms with E-state index in [4.69, 9.17) is 4.42 Å². The van der Waals surface area contributed by atoms with E-state index in [1.165, 1.54) is 49.2 Å². The molecule has 0 bridgehead atoms. The van der Waals surface area contributed by atoms with Crippen LogP contribution in [-0.2, 0) is 0 Å². The van der Waals surface area contributed by atoms with Gasteiger partial charge in [-0.2, -0.15) is 0 Å². The van der Waals surface area contributed by atoms with E-state index in [9.17, 15) is 0 Å². The van der Waals surface area contributed by atoms with Crippen LogP contribution in [0.15, 0.2) is 156 Å². The lowest BCUT2D eigenvalue weighted by atomic mass is 10.0. The smallest absolute Gasteiger partial charge is 0.136 e. The van der Waals surface area contributed by atoms with E-state index in [1.807, 2.05) is 12.1 Å². The Morgan fingerprint density at radius 2 is 0.956 bits per heavy atom. The van der Waals surface area contributed by atoms with Gasteiger partial charge in [0.15, 0.2) is 0 Å². The molecule has 0 saturated carbocycles. The molecule has 10 rings (SSSR count). The SMILES string of the molecule is c1ccc2c(c1)[nH]c1cc(-c3ccc4c5ccccc5n(-c5ccc(-c6ccc7c(c6)oc6ccccc67)cc5)c4c3)ccc12. The summed E-state index contributed by atoms with van der Waals surface area (Å²) < 4.78 is 8.56. The van der Waals surface area contributed by atoms with E-state index in [0.717, 1.165) is 44.3 Å². The molecule has 3 aromatic heterocycles. The van der Waals surface area contributed by atoms with Crippen LogP contribution in [-0.4, -0.2) is 9.55 Å². The minimum atomic E-state index is 0.915. The third-order valence-electron chi connectivity index (χ3n) is 9.35. The lowest BCUT2D eigenvalue weighted by Crippen LogP contribution is -1.94. The summed E-state index contributed by atoms with van der Waals surface area (Å²) in [6, 6.07) is 54.4. The van der Waals surface area contributed by atoms with Crippen molar-refractivity contribution in [2.24, 2.45) is 0 Å². The number of para-hydroxylation sites is 3. The second-order valence-electron chi connectivity index (χ2n) is 11.9. The van der Waals surface area contributed by atoms with Crippen LogP contribution in [0.25, 0.3) is 93.5 Å². The molecule has 0 radical (unpaired) electrons. The number of hydrogen-bond donors (Lipinski definition) is 1. The highest BCUT2D eigenvalue weighted by molar-refractivity contribution is 6.11. The minimum absolute atomic E-state index is 0.915. The second kappa shape index (κ2) is 9.22. The monoisotopic (exact) mass is 574 g/mol. The number of nitrogens with one attached hydrogen (secondary N) is 1. The number of benzene rings is 7. The lowest BCUT2D eigenvalue weighted by Gasteiger charge is -2.10. The van der Waals surface area contributed by atoms with Crippen molar-refractivity contribution < 1.29 is 4.42 Å². The van der Waals surface area contributed by atoms with Crippen molar-refractivity contribution in [3.05, 3.63) is 152 Å². The van der Waals surface area contributed by atoms with Crippen LogP contribution in [0.2, 0.25) is 0 Å². The Kier molecular flexibility index (Phi) is 5.00. The number of aromatic nitrogens is 2. The molecule has 0 spiro atoms. The molecule has 0 aliphatic heterocycles. The normalized spacial score (nSPS) is 12.0. The maximum atomic E-state index is 6.17.